The first-order valence-electron chi connectivity index (χ1n) is 10.1. The molecule has 1 atom stereocenters. The SMILES string of the molecule is C[C@H](CNC(=O)OC(C)(C)C)Nc1nc(Nc2ccc3ncccc3c2)c(C#N)cc1F. The van der Waals surface area contributed by atoms with Gasteiger partial charge in [-0.25, -0.2) is 14.2 Å². The van der Waals surface area contributed by atoms with Crippen molar-refractivity contribution in [2.75, 3.05) is 17.2 Å². The molecule has 3 aromatic rings. The van der Waals surface area contributed by atoms with Crippen molar-refractivity contribution >= 4 is 34.3 Å². The maximum absolute atomic E-state index is 14.5. The lowest BCUT2D eigenvalue weighted by atomic mass is 10.2. The number of carbonyl (C=O) groups is 1. The molecular weight excluding hydrogens is 411 g/mol. The molecule has 0 fully saturated rings. The normalized spacial score (nSPS) is 12.0. The number of aromatic nitrogens is 2. The van der Waals surface area contributed by atoms with Gasteiger partial charge >= 0.3 is 6.09 Å². The van der Waals surface area contributed by atoms with E-state index in [2.05, 4.69) is 25.9 Å². The highest BCUT2D eigenvalue weighted by atomic mass is 19.1. The summed E-state index contributed by atoms with van der Waals surface area (Å²) in [4.78, 5) is 20.4. The van der Waals surface area contributed by atoms with Crippen LogP contribution in [-0.4, -0.2) is 34.2 Å². The van der Waals surface area contributed by atoms with E-state index < -0.39 is 17.5 Å². The molecule has 3 rings (SSSR count). The van der Waals surface area contributed by atoms with Gasteiger partial charge < -0.3 is 20.7 Å². The second-order valence-corrected chi connectivity index (χ2v) is 8.29. The average molecular weight is 436 g/mol. The second-order valence-electron chi connectivity index (χ2n) is 8.29. The Morgan fingerprint density at radius 2 is 2.03 bits per heavy atom. The number of nitrogens with one attached hydrogen (secondary N) is 3. The summed E-state index contributed by atoms with van der Waals surface area (Å²) in [7, 11) is 0. The second kappa shape index (κ2) is 9.47. The van der Waals surface area contributed by atoms with Gasteiger partial charge in [-0.3, -0.25) is 4.98 Å². The van der Waals surface area contributed by atoms with Crippen LogP contribution in [0.5, 0.6) is 0 Å². The van der Waals surface area contributed by atoms with Crippen molar-refractivity contribution in [3.05, 3.63) is 54.0 Å². The number of nitrogens with zero attached hydrogens (tertiary/aromatic N) is 3. The Hall–Kier alpha value is -3.93. The van der Waals surface area contributed by atoms with Gasteiger partial charge in [0.15, 0.2) is 17.5 Å². The van der Waals surface area contributed by atoms with E-state index >= 15 is 0 Å². The summed E-state index contributed by atoms with van der Waals surface area (Å²) in [5.74, 6) is -0.488. The van der Waals surface area contributed by atoms with E-state index in [0.29, 0.717) is 5.69 Å². The van der Waals surface area contributed by atoms with Gasteiger partial charge in [0, 0.05) is 29.9 Å². The standard InChI is InChI=1S/C23H25FN6O2/c1-14(13-27-22(31)32-23(2,3)4)28-21-18(24)11-16(12-25)20(30-21)29-17-7-8-19-15(10-17)6-5-9-26-19/h5-11,14H,13H2,1-4H3,(H,27,31)(H2,28,29,30)/t14-/m1/s1. The minimum atomic E-state index is -0.668. The van der Waals surface area contributed by atoms with Gasteiger partial charge in [-0.05, 0) is 58.0 Å². The highest BCUT2D eigenvalue weighted by molar-refractivity contribution is 5.83. The lowest BCUT2D eigenvalue weighted by molar-refractivity contribution is 0.0526. The number of rotatable bonds is 6. The minimum Gasteiger partial charge on any atom is -0.444 e. The Bertz CT molecular complexity index is 1170. The molecule has 0 unspecified atom stereocenters. The molecule has 1 amide bonds. The maximum atomic E-state index is 14.5. The van der Waals surface area contributed by atoms with Crippen molar-refractivity contribution in [2.24, 2.45) is 0 Å². The summed E-state index contributed by atoms with van der Waals surface area (Å²) in [6.45, 7) is 7.26. The quantitative estimate of drug-likeness (QED) is 0.513. The van der Waals surface area contributed by atoms with E-state index in [1.165, 1.54) is 0 Å². The number of amides is 1. The van der Waals surface area contributed by atoms with Crippen LogP contribution in [0.4, 0.5) is 26.5 Å². The third-order valence-corrected chi connectivity index (χ3v) is 4.30. The first-order valence-corrected chi connectivity index (χ1v) is 10.1. The van der Waals surface area contributed by atoms with Crippen LogP contribution in [0.15, 0.2) is 42.6 Å². The smallest absolute Gasteiger partial charge is 0.407 e. The first kappa shape index (κ1) is 22.7. The number of alkyl carbamates (subject to hydrolysis) is 1. The molecule has 1 aromatic carbocycles. The molecule has 0 radical (unpaired) electrons. The van der Waals surface area contributed by atoms with Crippen LogP contribution >= 0.6 is 0 Å². The van der Waals surface area contributed by atoms with Crippen molar-refractivity contribution in [3.63, 3.8) is 0 Å². The summed E-state index contributed by atoms with van der Waals surface area (Å²) in [6, 6.07) is 12.0. The molecule has 0 aliphatic carbocycles. The Morgan fingerprint density at radius 3 is 2.75 bits per heavy atom. The molecule has 0 saturated heterocycles. The minimum absolute atomic E-state index is 0.0348. The Labute approximate surface area is 185 Å². The molecule has 2 heterocycles. The number of carbonyl (C=O) groups excluding carboxylic acids is 1. The molecule has 2 aromatic heterocycles. The van der Waals surface area contributed by atoms with Crippen molar-refractivity contribution in [2.45, 2.75) is 39.3 Å². The third kappa shape index (κ3) is 6.04. The lowest BCUT2D eigenvalue weighted by Gasteiger charge is -2.21. The zero-order valence-electron chi connectivity index (χ0n) is 18.4. The third-order valence-electron chi connectivity index (χ3n) is 4.30. The van der Waals surface area contributed by atoms with Gasteiger partial charge in [-0.15, -0.1) is 0 Å². The average Bonchev–Trinajstić information content (AvgIpc) is 2.73. The number of anilines is 3. The molecule has 0 aliphatic rings. The number of fused-ring (bicyclic) bond motifs is 1. The van der Waals surface area contributed by atoms with E-state index in [9.17, 15) is 14.4 Å². The van der Waals surface area contributed by atoms with Crippen molar-refractivity contribution in [3.8, 4) is 6.07 Å². The summed E-state index contributed by atoms with van der Waals surface area (Å²) in [5, 5.41) is 18.9. The summed E-state index contributed by atoms with van der Waals surface area (Å²) in [5.41, 5.74) is 0.978. The fourth-order valence-corrected chi connectivity index (χ4v) is 2.90. The van der Waals surface area contributed by atoms with Gasteiger partial charge in [0.2, 0.25) is 0 Å². The number of hydrogen-bond donors (Lipinski definition) is 3. The topological polar surface area (TPSA) is 112 Å². The molecule has 3 N–H and O–H groups in total. The summed E-state index contributed by atoms with van der Waals surface area (Å²) < 4.78 is 19.7. The highest BCUT2D eigenvalue weighted by Crippen LogP contribution is 2.25. The van der Waals surface area contributed by atoms with Crippen LogP contribution < -0.4 is 16.0 Å². The van der Waals surface area contributed by atoms with E-state index in [1.807, 2.05) is 36.4 Å². The van der Waals surface area contributed by atoms with Crippen molar-refractivity contribution in [1.82, 2.24) is 15.3 Å². The largest absolute Gasteiger partial charge is 0.444 e. The van der Waals surface area contributed by atoms with Crippen LogP contribution in [0.25, 0.3) is 10.9 Å². The molecule has 0 aliphatic heterocycles. The maximum Gasteiger partial charge on any atom is 0.407 e. The number of ether oxygens (including phenoxy) is 1. The van der Waals surface area contributed by atoms with Gasteiger partial charge in [-0.2, -0.15) is 5.26 Å². The number of halogens is 1. The molecule has 0 bridgehead atoms. The number of benzene rings is 1. The molecule has 0 spiro atoms. The predicted octanol–water partition coefficient (Wildman–Crippen LogP) is 4.71. The molecule has 32 heavy (non-hydrogen) atoms. The fourth-order valence-electron chi connectivity index (χ4n) is 2.90. The van der Waals surface area contributed by atoms with Crippen LogP contribution in [0.3, 0.4) is 0 Å². The van der Waals surface area contributed by atoms with Gasteiger partial charge in [0.25, 0.3) is 0 Å². The van der Waals surface area contributed by atoms with E-state index in [1.54, 1.807) is 33.9 Å². The van der Waals surface area contributed by atoms with Gasteiger partial charge in [-0.1, -0.05) is 6.07 Å². The van der Waals surface area contributed by atoms with Crippen LogP contribution in [0.2, 0.25) is 0 Å². The van der Waals surface area contributed by atoms with Gasteiger partial charge in [0.1, 0.15) is 11.7 Å². The highest BCUT2D eigenvalue weighted by Gasteiger charge is 2.18. The van der Waals surface area contributed by atoms with Crippen LogP contribution in [0.1, 0.15) is 33.3 Å². The number of pyridine rings is 2. The Morgan fingerprint density at radius 1 is 1.25 bits per heavy atom. The first-order chi connectivity index (χ1) is 15.1. The molecule has 0 saturated carbocycles. The summed E-state index contributed by atoms with van der Waals surface area (Å²) in [6.07, 6.45) is 1.15. The van der Waals surface area contributed by atoms with Crippen LogP contribution in [-0.2, 0) is 4.74 Å². The zero-order chi connectivity index (χ0) is 23.3. The fraction of sp³-hybridized carbons (Fsp3) is 0.304. The van der Waals surface area contributed by atoms with Crippen molar-refractivity contribution < 1.29 is 13.9 Å². The Kier molecular flexibility index (Phi) is 6.73. The van der Waals surface area contributed by atoms with E-state index in [4.69, 9.17) is 4.74 Å². The molecule has 8 nitrogen and oxygen atoms in total. The van der Waals surface area contributed by atoms with Crippen LogP contribution in [0, 0.1) is 17.1 Å². The van der Waals surface area contributed by atoms with E-state index in [-0.39, 0.29) is 29.8 Å². The number of hydrogen-bond acceptors (Lipinski definition) is 7. The predicted molar refractivity (Wildman–Crippen MR) is 121 cm³/mol. The summed E-state index contributed by atoms with van der Waals surface area (Å²) >= 11 is 0. The van der Waals surface area contributed by atoms with E-state index in [0.717, 1.165) is 17.0 Å². The molecule has 9 heteroatoms. The Balaban J connectivity index is 1.74. The molecular formula is C23H25FN6O2. The number of nitriles is 1. The monoisotopic (exact) mass is 436 g/mol. The van der Waals surface area contributed by atoms with Crippen molar-refractivity contribution in [1.29, 1.82) is 5.26 Å². The lowest BCUT2D eigenvalue weighted by Crippen LogP contribution is -2.38. The zero-order valence-corrected chi connectivity index (χ0v) is 18.4. The van der Waals surface area contributed by atoms with Gasteiger partial charge in [0.05, 0.1) is 11.1 Å². The molecule has 166 valence electrons.